The van der Waals surface area contributed by atoms with E-state index in [1.165, 1.54) is 0 Å². The summed E-state index contributed by atoms with van der Waals surface area (Å²) in [6.07, 6.45) is 1.69. The number of benzene rings is 1. The number of guanidine groups is 1. The van der Waals surface area contributed by atoms with Gasteiger partial charge in [-0.05, 0) is 26.0 Å². The van der Waals surface area contributed by atoms with Crippen molar-refractivity contribution in [3.05, 3.63) is 42.5 Å². The van der Waals surface area contributed by atoms with Crippen molar-refractivity contribution in [2.45, 2.75) is 20.4 Å². The minimum absolute atomic E-state index is 0. The van der Waals surface area contributed by atoms with Gasteiger partial charge >= 0.3 is 0 Å². The molecule has 0 aliphatic rings. The Kier molecular flexibility index (Phi) is 7.13. The van der Waals surface area contributed by atoms with Crippen molar-refractivity contribution in [3.63, 3.8) is 0 Å². The maximum Gasteiger partial charge on any atom is 0.191 e. The summed E-state index contributed by atoms with van der Waals surface area (Å²) in [5, 5.41) is 8.06. The van der Waals surface area contributed by atoms with E-state index in [1.807, 2.05) is 39.8 Å². The topological polar surface area (TPSA) is 72.3 Å². The Morgan fingerprint density at radius 2 is 1.90 bits per heavy atom. The second-order valence-corrected chi connectivity index (χ2v) is 4.30. The zero-order valence-corrected chi connectivity index (χ0v) is 14.6. The van der Waals surface area contributed by atoms with Crippen LogP contribution in [0.3, 0.4) is 0 Å². The van der Waals surface area contributed by atoms with E-state index in [4.69, 9.17) is 5.73 Å². The van der Waals surface area contributed by atoms with Crippen molar-refractivity contribution in [1.82, 2.24) is 19.7 Å². The minimum Gasteiger partial charge on any atom is -0.370 e. The van der Waals surface area contributed by atoms with Gasteiger partial charge in [-0.1, -0.05) is 18.2 Å². The summed E-state index contributed by atoms with van der Waals surface area (Å²) in [6, 6.07) is 9.94. The smallest absolute Gasteiger partial charge is 0.191 e. The van der Waals surface area contributed by atoms with Crippen molar-refractivity contribution < 1.29 is 0 Å². The van der Waals surface area contributed by atoms with Crippen LogP contribution in [0.5, 0.6) is 0 Å². The first kappa shape index (κ1) is 17.4. The molecule has 1 aromatic heterocycles. The third kappa shape index (κ3) is 4.42. The van der Waals surface area contributed by atoms with Gasteiger partial charge in [0, 0.05) is 18.8 Å². The van der Waals surface area contributed by atoms with Crippen LogP contribution < -0.4 is 5.73 Å². The summed E-state index contributed by atoms with van der Waals surface area (Å²) in [6.45, 7) is 6.21. The first-order valence-corrected chi connectivity index (χ1v) is 6.75. The van der Waals surface area contributed by atoms with Crippen molar-refractivity contribution in [2.24, 2.45) is 10.7 Å². The molecule has 0 amide bonds. The lowest BCUT2D eigenvalue weighted by atomic mass is 10.3. The fraction of sp³-hybridized carbons (Fsp3) is 0.357. The number of nitrogens with two attached hydrogens (primary N) is 1. The van der Waals surface area contributed by atoms with E-state index >= 15 is 0 Å². The second kappa shape index (κ2) is 8.60. The van der Waals surface area contributed by atoms with Crippen LogP contribution in [-0.2, 0) is 6.54 Å². The molecule has 6 nitrogen and oxygen atoms in total. The number of aliphatic imine (C=N–C) groups is 1. The molecule has 0 aliphatic heterocycles. The predicted octanol–water partition coefficient (Wildman–Crippen LogP) is 2.04. The van der Waals surface area contributed by atoms with Gasteiger partial charge in [0.05, 0.1) is 0 Å². The van der Waals surface area contributed by atoms with Crippen LogP contribution in [0.2, 0.25) is 0 Å². The predicted molar refractivity (Wildman–Crippen MR) is 95.0 cm³/mol. The number of nitrogens with zero attached hydrogens (tertiary/aromatic N) is 5. The molecule has 0 aliphatic carbocycles. The highest BCUT2D eigenvalue weighted by Gasteiger charge is 2.07. The highest BCUT2D eigenvalue weighted by Crippen LogP contribution is 2.09. The Balaban J connectivity index is 0.00000220. The van der Waals surface area contributed by atoms with Crippen LogP contribution >= 0.6 is 24.0 Å². The molecule has 1 aromatic carbocycles. The molecule has 0 atom stereocenters. The Morgan fingerprint density at radius 1 is 1.24 bits per heavy atom. The van der Waals surface area contributed by atoms with E-state index < -0.39 is 0 Å². The quantitative estimate of drug-likeness (QED) is 0.474. The highest BCUT2D eigenvalue weighted by molar-refractivity contribution is 14.0. The molecule has 114 valence electrons. The molecule has 0 bridgehead atoms. The van der Waals surface area contributed by atoms with Gasteiger partial charge in [-0.2, -0.15) is 0 Å². The summed E-state index contributed by atoms with van der Waals surface area (Å²) < 4.78 is 1.92. The van der Waals surface area contributed by atoms with E-state index in [-0.39, 0.29) is 24.0 Å². The molecule has 21 heavy (non-hydrogen) atoms. The molecule has 0 spiro atoms. The Bertz CT molecular complexity index is 562. The molecule has 0 fully saturated rings. The SMILES string of the molecule is CCN(CC)C(N)=NCc1nncn1-c1ccccc1.I. The van der Waals surface area contributed by atoms with Gasteiger partial charge in [-0.15, -0.1) is 34.2 Å². The van der Waals surface area contributed by atoms with Gasteiger partial charge in [-0.25, -0.2) is 4.99 Å². The Labute approximate surface area is 142 Å². The first-order valence-electron chi connectivity index (χ1n) is 6.75. The summed E-state index contributed by atoms with van der Waals surface area (Å²) >= 11 is 0. The molecule has 2 N–H and O–H groups in total. The fourth-order valence-corrected chi connectivity index (χ4v) is 1.97. The van der Waals surface area contributed by atoms with Crippen molar-refractivity contribution in [3.8, 4) is 5.69 Å². The summed E-state index contributed by atoms with van der Waals surface area (Å²) in [5.74, 6) is 1.31. The molecular formula is C14H21IN6. The molecule has 1 heterocycles. The van der Waals surface area contributed by atoms with Crippen molar-refractivity contribution in [1.29, 1.82) is 0 Å². The van der Waals surface area contributed by atoms with E-state index in [0.717, 1.165) is 24.6 Å². The number of rotatable bonds is 5. The molecule has 0 saturated carbocycles. The van der Waals surface area contributed by atoms with Crippen molar-refractivity contribution >= 4 is 29.9 Å². The average molecular weight is 400 g/mol. The molecule has 0 unspecified atom stereocenters. The zero-order chi connectivity index (χ0) is 14.4. The second-order valence-electron chi connectivity index (χ2n) is 4.30. The molecular weight excluding hydrogens is 379 g/mol. The largest absolute Gasteiger partial charge is 0.370 e. The van der Waals surface area contributed by atoms with Gasteiger partial charge in [0.25, 0.3) is 0 Å². The lowest BCUT2D eigenvalue weighted by molar-refractivity contribution is 0.457. The standard InChI is InChI=1S/C14H20N6.HI/c1-3-19(4-2)14(15)16-10-13-18-17-11-20(13)12-8-6-5-7-9-12;/h5-9,11H,3-4,10H2,1-2H3,(H2,15,16);1H. The maximum absolute atomic E-state index is 5.96. The van der Waals surface area contributed by atoms with Crippen LogP contribution in [0, 0.1) is 0 Å². The maximum atomic E-state index is 5.96. The van der Waals surface area contributed by atoms with Crippen LogP contribution in [-0.4, -0.2) is 38.7 Å². The number of halogens is 1. The van der Waals surface area contributed by atoms with Gasteiger partial charge in [0.2, 0.25) is 0 Å². The summed E-state index contributed by atoms with van der Waals surface area (Å²) in [4.78, 5) is 6.40. The van der Waals surface area contributed by atoms with E-state index in [2.05, 4.69) is 29.0 Å². The van der Waals surface area contributed by atoms with Crippen LogP contribution in [0.15, 0.2) is 41.7 Å². The molecule has 0 radical (unpaired) electrons. The van der Waals surface area contributed by atoms with E-state index in [1.54, 1.807) is 6.33 Å². The van der Waals surface area contributed by atoms with Crippen LogP contribution in [0.1, 0.15) is 19.7 Å². The average Bonchev–Trinajstić information content (AvgIpc) is 2.95. The third-order valence-corrected chi connectivity index (χ3v) is 3.12. The lowest BCUT2D eigenvalue weighted by Crippen LogP contribution is -2.37. The van der Waals surface area contributed by atoms with E-state index in [0.29, 0.717) is 12.5 Å². The fourth-order valence-electron chi connectivity index (χ4n) is 1.97. The van der Waals surface area contributed by atoms with Gasteiger partial charge in [0.1, 0.15) is 12.9 Å². The van der Waals surface area contributed by atoms with Crippen LogP contribution in [0.4, 0.5) is 0 Å². The number of para-hydroxylation sites is 1. The Morgan fingerprint density at radius 3 is 2.52 bits per heavy atom. The highest BCUT2D eigenvalue weighted by atomic mass is 127. The molecule has 7 heteroatoms. The molecule has 2 aromatic rings. The third-order valence-electron chi connectivity index (χ3n) is 3.12. The Hall–Kier alpha value is -1.64. The minimum atomic E-state index is 0. The zero-order valence-electron chi connectivity index (χ0n) is 12.3. The lowest BCUT2D eigenvalue weighted by Gasteiger charge is -2.19. The monoisotopic (exact) mass is 400 g/mol. The summed E-state index contributed by atoms with van der Waals surface area (Å²) in [5.41, 5.74) is 6.98. The number of hydrogen-bond acceptors (Lipinski definition) is 3. The summed E-state index contributed by atoms with van der Waals surface area (Å²) in [7, 11) is 0. The van der Waals surface area contributed by atoms with Crippen molar-refractivity contribution in [2.75, 3.05) is 13.1 Å². The van der Waals surface area contributed by atoms with Gasteiger partial charge in [-0.3, -0.25) is 4.57 Å². The van der Waals surface area contributed by atoms with E-state index in [9.17, 15) is 0 Å². The van der Waals surface area contributed by atoms with Gasteiger partial charge < -0.3 is 10.6 Å². The molecule has 2 rings (SSSR count). The van der Waals surface area contributed by atoms with Crippen LogP contribution in [0.25, 0.3) is 5.69 Å². The normalized spacial score (nSPS) is 11.0. The first-order chi connectivity index (χ1) is 9.76. The van der Waals surface area contributed by atoms with Gasteiger partial charge in [0.15, 0.2) is 11.8 Å². The number of hydrogen-bond donors (Lipinski definition) is 1. The molecule has 0 saturated heterocycles. The number of aromatic nitrogens is 3.